The smallest absolute Gasteiger partial charge is 0.410 e. The minimum Gasteiger partial charge on any atom is -0.483 e. The van der Waals surface area contributed by atoms with Crippen LogP contribution in [-0.4, -0.2) is 71.0 Å². The molecule has 6 rings (SSSR count). The molecule has 5 aromatic rings. The van der Waals surface area contributed by atoms with E-state index in [0.29, 0.717) is 37.4 Å². The van der Waals surface area contributed by atoms with Crippen LogP contribution in [0.1, 0.15) is 62.0 Å². The summed E-state index contributed by atoms with van der Waals surface area (Å²) in [7, 11) is 1.88. The molecule has 2 N–H and O–H groups in total. The number of carbonyl (C=O) groups excluding carboxylic acids is 2. The molecule has 2 amide bonds. The highest BCUT2D eigenvalue weighted by Crippen LogP contribution is 2.36. The Balaban J connectivity index is 1.14. The van der Waals surface area contributed by atoms with Gasteiger partial charge in [0.2, 0.25) is 0 Å². The molecular weight excluding hydrogens is 608 g/mol. The molecule has 46 heavy (non-hydrogen) atoms. The summed E-state index contributed by atoms with van der Waals surface area (Å²) in [4.78, 5) is 40.3. The van der Waals surface area contributed by atoms with Gasteiger partial charge >= 0.3 is 12.1 Å². The average molecular weight is 645 g/mol. The highest BCUT2D eigenvalue weighted by atomic mass is 32.1. The Bertz CT molecular complexity index is 1880. The van der Waals surface area contributed by atoms with E-state index in [0.717, 1.165) is 27.2 Å². The standard InChI is InChI=1S/C32H36N8O5S/c1-19(23-8-11-34-30(37-23)44-22-9-12-39(13-10-22)31(42)45-32(2,3)4)43-26-15-27(46-28(26)29(33)41)40-18-35-24-14-20(6-7-25(24)40)21-16-36-38(5)17-21/h6-8,11,14-19,22H,9-10,12-13H2,1-5H3,(H2,33,41). The van der Waals surface area contributed by atoms with Crippen LogP contribution < -0.4 is 15.2 Å². The molecule has 1 aliphatic rings. The zero-order valence-electron chi connectivity index (χ0n) is 26.3. The summed E-state index contributed by atoms with van der Waals surface area (Å²) < 4.78 is 21.5. The van der Waals surface area contributed by atoms with E-state index < -0.39 is 17.6 Å². The zero-order valence-corrected chi connectivity index (χ0v) is 27.2. The second-order valence-electron chi connectivity index (χ2n) is 12.2. The monoisotopic (exact) mass is 644 g/mol. The van der Waals surface area contributed by atoms with Gasteiger partial charge in [0.25, 0.3) is 5.91 Å². The predicted octanol–water partition coefficient (Wildman–Crippen LogP) is 5.29. The number of nitrogens with zero attached hydrogens (tertiary/aromatic N) is 7. The molecule has 0 saturated carbocycles. The van der Waals surface area contributed by atoms with Gasteiger partial charge in [-0.3, -0.25) is 14.0 Å². The number of carbonyl (C=O) groups is 2. The first-order valence-corrected chi connectivity index (χ1v) is 15.8. The lowest BCUT2D eigenvalue weighted by Gasteiger charge is -2.33. The molecule has 0 bridgehead atoms. The number of hydrogen-bond acceptors (Lipinski definition) is 10. The number of imidazole rings is 1. The van der Waals surface area contributed by atoms with Gasteiger partial charge in [-0.2, -0.15) is 10.1 Å². The summed E-state index contributed by atoms with van der Waals surface area (Å²) in [5.41, 5.74) is 9.48. The van der Waals surface area contributed by atoms with Crippen molar-refractivity contribution in [3.05, 3.63) is 65.8 Å². The molecule has 1 fully saturated rings. The van der Waals surface area contributed by atoms with Crippen LogP contribution in [0.3, 0.4) is 0 Å². The fourth-order valence-electron chi connectivity index (χ4n) is 5.20. The molecule has 1 atom stereocenters. The van der Waals surface area contributed by atoms with E-state index in [4.69, 9.17) is 19.9 Å². The maximum Gasteiger partial charge on any atom is 0.410 e. The Morgan fingerprint density at radius 1 is 1.09 bits per heavy atom. The van der Waals surface area contributed by atoms with Crippen LogP contribution in [0.5, 0.6) is 11.8 Å². The number of fused-ring (bicyclic) bond motifs is 1. The van der Waals surface area contributed by atoms with Gasteiger partial charge in [-0.1, -0.05) is 6.07 Å². The number of rotatable bonds is 8. The van der Waals surface area contributed by atoms with Gasteiger partial charge in [-0.05, 0) is 51.5 Å². The molecule has 5 heterocycles. The molecule has 240 valence electrons. The Kier molecular flexibility index (Phi) is 8.38. The van der Waals surface area contributed by atoms with Crippen molar-refractivity contribution >= 4 is 34.4 Å². The number of aromatic nitrogens is 6. The zero-order chi connectivity index (χ0) is 32.6. The number of primary amides is 1. The Hall–Kier alpha value is -4.98. The van der Waals surface area contributed by atoms with E-state index in [1.54, 1.807) is 34.2 Å². The van der Waals surface area contributed by atoms with Gasteiger partial charge in [0.05, 0.1) is 22.9 Å². The number of ether oxygens (including phenoxy) is 3. The van der Waals surface area contributed by atoms with Crippen molar-refractivity contribution in [3.8, 4) is 27.9 Å². The third-order valence-corrected chi connectivity index (χ3v) is 8.60. The molecule has 0 radical (unpaired) electrons. The number of hydrogen-bond donors (Lipinski definition) is 1. The van der Waals surface area contributed by atoms with Gasteiger partial charge < -0.3 is 24.8 Å². The van der Waals surface area contributed by atoms with Gasteiger partial charge in [0, 0.05) is 57.0 Å². The van der Waals surface area contributed by atoms with Crippen molar-refractivity contribution in [2.75, 3.05) is 13.1 Å². The normalized spacial score (nSPS) is 14.8. The van der Waals surface area contributed by atoms with E-state index in [1.807, 2.05) is 69.9 Å². The molecule has 4 aromatic heterocycles. The molecule has 0 aliphatic carbocycles. The van der Waals surface area contributed by atoms with Crippen molar-refractivity contribution in [2.24, 2.45) is 12.8 Å². The van der Waals surface area contributed by atoms with Crippen LogP contribution in [0, 0.1) is 0 Å². The summed E-state index contributed by atoms with van der Waals surface area (Å²) >= 11 is 1.23. The highest BCUT2D eigenvalue weighted by molar-refractivity contribution is 7.16. The third-order valence-electron chi connectivity index (χ3n) is 7.47. The summed E-state index contributed by atoms with van der Waals surface area (Å²) in [6, 6.07) is 9.75. The van der Waals surface area contributed by atoms with E-state index in [2.05, 4.69) is 20.1 Å². The van der Waals surface area contributed by atoms with E-state index in [1.165, 1.54) is 11.3 Å². The molecule has 1 aliphatic heterocycles. The number of thiophene rings is 1. The van der Waals surface area contributed by atoms with Crippen molar-refractivity contribution in [2.45, 2.75) is 58.3 Å². The number of benzene rings is 1. The van der Waals surface area contributed by atoms with Crippen LogP contribution in [0.2, 0.25) is 0 Å². The maximum atomic E-state index is 12.4. The number of amides is 2. The van der Waals surface area contributed by atoms with Crippen LogP contribution in [0.4, 0.5) is 4.79 Å². The quantitative estimate of drug-likeness (QED) is 0.237. The summed E-state index contributed by atoms with van der Waals surface area (Å²) in [6.45, 7) is 8.43. The lowest BCUT2D eigenvalue weighted by atomic mass is 10.1. The van der Waals surface area contributed by atoms with Gasteiger partial charge in [0.15, 0.2) is 0 Å². The molecule has 0 spiro atoms. The largest absolute Gasteiger partial charge is 0.483 e. The predicted molar refractivity (Wildman–Crippen MR) is 172 cm³/mol. The second-order valence-corrected chi connectivity index (χ2v) is 13.2. The lowest BCUT2D eigenvalue weighted by molar-refractivity contribution is 0.0118. The first kappa shape index (κ1) is 31.0. The number of aryl methyl sites for hydroxylation is 1. The number of nitrogens with two attached hydrogens (primary N) is 1. The molecular formula is C32H36N8O5S. The van der Waals surface area contributed by atoms with Crippen LogP contribution in [0.25, 0.3) is 27.2 Å². The maximum absolute atomic E-state index is 12.4. The van der Waals surface area contributed by atoms with Gasteiger partial charge in [0.1, 0.15) is 39.8 Å². The minimum atomic E-state index is -0.592. The third kappa shape index (κ3) is 6.81. The van der Waals surface area contributed by atoms with E-state index >= 15 is 0 Å². The Labute approximate surface area is 269 Å². The molecule has 13 nitrogen and oxygen atoms in total. The van der Waals surface area contributed by atoms with E-state index in [-0.39, 0.29) is 23.1 Å². The van der Waals surface area contributed by atoms with Crippen molar-refractivity contribution < 1.29 is 23.8 Å². The minimum absolute atomic E-state index is 0.142. The Morgan fingerprint density at radius 3 is 2.57 bits per heavy atom. The Morgan fingerprint density at radius 2 is 1.87 bits per heavy atom. The van der Waals surface area contributed by atoms with Crippen molar-refractivity contribution in [1.82, 2.24) is 34.2 Å². The molecule has 14 heteroatoms. The first-order chi connectivity index (χ1) is 21.9. The highest BCUT2D eigenvalue weighted by Gasteiger charge is 2.28. The van der Waals surface area contributed by atoms with Crippen molar-refractivity contribution in [1.29, 1.82) is 0 Å². The number of piperidine rings is 1. The van der Waals surface area contributed by atoms with Crippen molar-refractivity contribution in [3.63, 3.8) is 0 Å². The topological polar surface area (TPSA) is 153 Å². The fraction of sp³-hybridized carbons (Fsp3) is 0.375. The first-order valence-electron chi connectivity index (χ1n) is 15.0. The van der Waals surface area contributed by atoms with Crippen LogP contribution in [-0.2, 0) is 11.8 Å². The molecule has 1 aromatic carbocycles. The average Bonchev–Trinajstić information content (AvgIpc) is 3.74. The second kappa shape index (κ2) is 12.4. The molecule has 1 saturated heterocycles. The SMILES string of the molecule is CC(Oc1cc(-n2cnc3cc(-c4cnn(C)c4)ccc32)sc1C(N)=O)c1ccnc(OC2CCN(C(=O)OC(C)(C)C)CC2)n1. The van der Waals surface area contributed by atoms with Gasteiger partial charge in [-0.15, -0.1) is 11.3 Å². The summed E-state index contributed by atoms with van der Waals surface area (Å²) in [5, 5.41) is 4.99. The van der Waals surface area contributed by atoms with E-state index in [9.17, 15) is 9.59 Å². The van der Waals surface area contributed by atoms with Gasteiger partial charge in [-0.25, -0.2) is 14.8 Å². The fourth-order valence-corrected chi connectivity index (χ4v) is 6.13. The summed E-state index contributed by atoms with van der Waals surface area (Å²) in [5.74, 6) is -0.240. The summed E-state index contributed by atoms with van der Waals surface area (Å²) in [6.07, 6.45) is 7.35. The van der Waals surface area contributed by atoms with Crippen LogP contribution in [0.15, 0.2) is 55.2 Å². The van der Waals surface area contributed by atoms with Crippen LogP contribution >= 0.6 is 11.3 Å². The lowest BCUT2D eigenvalue weighted by Crippen LogP contribution is -2.44. The number of likely N-dealkylation sites (tertiary alicyclic amines) is 1. The molecule has 1 unspecified atom stereocenters.